The summed E-state index contributed by atoms with van der Waals surface area (Å²) in [6, 6.07) is 1.95. The van der Waals surface area contributed by atoms with E-state index in [0.717, 1.165) is 64.7 Å². The second kappa shape index (κ2) is 7.85. The Morgan fingerprint density at radius 1 is 0.821 bits per heavy atom. The number of urea groups is 1. The number of amides is 3. The molecule has 5 fully saturated rings. The maximum Gasteiger partial charge on any atom is 0.318 e. The normalized spacial score (nSPS) is 35.4. The molecule has 3 aliphatic heterocycles. The van der Waals surface area contributed by atoms with Crippen LogP contribution in [0.3, 0.4) is 0 Å². The molecule has 0 spiro atoms. The average molecular weight is 389 g/mol. The van der Waals surface area contributed by atoms with E-state index < -0.39 is 0 Å². The van der Waals surface area contributed by atoms with Gasteiger partial charge in [-0.1, -0.05) is 25.7 Å². The Morgan fingerprint density at radius 2 is 1.50 bits per heavy atom. The van der Waals surface area contributed by atoms with Crippen LogP contribution in [0.15, 0.2) is 0 Å². The van der Waals surface area contributed by atoms with Crippen molar-refractivity contribution in [3.63, 3.8) is 0 Å². The minimum Gasteiger partial charge on any atom is -0.341 e. The van der Waals surface area contributed by atoms with Gasteiger partial charge in [0.25, 0.3) is 0 Å². The highest BCUT2D eigenvalue weighted by Gasteiger charge is 2.45. The molecule has 6 heteroatoms. The zero-order valence-corrected chi connectivity index (χ0v) is 17.2. The van der Waals surface area contributed by atoms with E-state index in [2.05, 4.69) is 20.0 Å². The Morgan fingerprint density at radius 3 is 2.29 bits per heavy atom. The molecule has 28 heavy (non-hydrogen) atoms. The van der Waals surface area contributed by atoms with Gasteiger partial charge in [-0.3, -0.25) is 9.69 Å². The average Bonchev–Trinajstić information content (AvgIpc) is 3.47. The molecule has 0 aromatic heterocycles. The lowest BCUT2D eigenvalue weighted by atomic mass is 9.89. The van der Waals surface area contributed by atoms with Gasteiger partial charge >= 0.3 is 6.03 Å². The summed E-state index contributed by atoms with van der Waals surface area (Å²) in [5, 5.41) is 3.24. The highest BCUT2D eigenvalue weighted by Crippen LogP contribution is 2.33. The van der Waals surface area contributed by atoms with Crippen LogP contribution >= 0.6 is 0 Å². The van der Waals surface area contributed by atoms with Crippen molar-refractivity contribution in [2.45, 2.75) is 94.8 Å². The highest BCUT2D eigenvalue weighted by molar-refractivity contribution is 5.79. The van der Waals surface area contributed by atoms with Crippen LogP contribution in [0.5, 0.6) is 0 Å². The van der Waals surface area contributed by atoms with Gasteiger partial charge in [0.1, 0.15) is 0 Å². The highest BCUT2D eigenvalue weighted by atomic mass is 16.2. The predicted octanol–water partition coefficient (Wildman–Crippen LogP) is 2.58. The number of hydrogen-bond acceptors (Lipinski definition) is 3. The lowest BCUT2D eigenvalue weighted by molar-refractivity contribution is -0.134. The summed E-state index contributed by atoms with van der Waals surface area (Å²) < 4.78 is 0. The summed E-state index contributed by atoms with van der Waals surface area (Å²) >= 11 is 0. The number of nitrogens with one attached hydrogen (secondary N) is 1. The van der Waals surface area contributed by atoms with Crippen molar-refractivity contribution in [3.05, 3.63) is 0 Å². The summed E-state index contributed by atoms with van der Waals surface area (Å²) in [4.78, 5) is 32.3. The summed E-state index contributed by atoms with van der Waals surface area (Å²) in [6.45, 7) is 4.01. The van der Waals surface area contributed by atoms with Crippen LogP contribution in [-0.4, -0.2) is 77.0 Å². The quantitative estimate of drug-likeness (QED) is 0.808. The second-order valence-electron chi connectivity index (χ2n) is 9.79. The molecule has 3 saturated heterocycles. The number of piperidine rings is 1. The maximum absolute atomic E-state index is 12.7. The van der Waals surface area contributed by atoms with Crippen molar-refractivity contribution in [1.82, 2.24) is 20.0 Å². The maximum atomic E-state index is 12.7. The van der Waals surface area contributed by atoms with E-state index in [9.17, 15) is 9.59 Å². The van der Waals surface area contributed by atoms with Crippen molar-refractivity contribution in [2.24, 2.45) is 5.92 Å². The summed E-state index contributed by atoms with van der Waals surface area (Å²) in [5.41, 5.74) is 0. The van der Waals surface area contributed by atoms with Gasteiger partial charge in [0.2, 0.25) is 5.91 Å². The first-order valence-corrected chi connectivity index (χ1v) is 11.8. The first kappa shape index (κ1) is 18.7. The van der Waals surface area contributed by atoms with Gasteiger partial charge < -0.3 is 15.1 Å². The molecule has 5 rings (SSSR count). The van der Waals surface area contributed by atoms with E-state index >= 15 is 0 Å². The molecule has 0 bridgehead atoms. The molecule has 0 aromatic rings. The van der Waals surface area contributed by atoms with Crippen LogP contribution in [0.25, 0.3) is 0 Å². The van der Waals surface area contributed by atoms with Crippen LogP contribution in [0.4, 0.5) is 4.79 Å². The molecule has 1 N–H and O–H groups in total. The van der Waals surface area contributed by atoms with Crippen molar-refractivity contribution in [1.29, 1.82) is 0 Å². The molecule has 156 valence electrons. The van der Waals surface area contributed by atoms with Gasteiger partial charge in [0.15, 0.2) is 0 Å². The van der Waals surface area contributed by atoms with Crippen LogP contribution in [0.1, 0.15) is 70.6 Å². The Kier molecular flexibility index (Phi) is 5.24. The zero-order valence-electron chi connectivity index (χ0n) is 17.2. The van der Waals surface area contributed by atoms with Crippen molar-refractivity contribution >= 4 is 11.9 Å². The third-order valence-corrected chi connectivity index (χ3v) is 8.22. The van der Waals surface area contributed by atoms with Gasteiger partial charge in [0, 0.05) is 44.2 Å². The van der Waals surface area contributed by atoms with E-state index in [4.69, 9.17) is 0 Å². The Labute approximate surface area is 169 Å². The number of hydrogen-bond donors (Lipinski definition) is 1. The molecular weight excluding hydrogens is 352 g/mol. The van der Waals surface area contributed by atoms with Gasteiger partial charge in [0.05, 0.1) is 12.1 Å². The number of rotatable bonds is 3. The fourth-order valence-corrected chi connectivity index (χ4v) is 6.63. The smallest absolute Gasteiger partial charge is 0.318 e. The molecule has 0 radical (unpaired) electrons. The van der Waals surface area contributed by atoms with Crippen LogP contribution in [0.2, 0.25) is 0 Å². The lowest BCUT2D eigenvalue weighted by Crippen LogP contribution is -2.52. The third-order valence-electron chi connectivity index (χ3n) is 8.22. The number of nitrogens with zero attached hydrogens (tertiary/aromatic N) is 3. The molecule has 3 atom stereocenters. The fraction of sp³-hybridized carbons (Fsp3) is 0.909. The predicted molar refractivity (Wildman–Crippen MR) is 108 cm³/mol. The number of likely N-dealkylation sites (tertiary alicyclic amines) is 2. The van der Waals surface area contributed by atoms with Crippen LogP contribution in [0, 0.1) is 5.92 Å². The van der Waals surface area contributed by atoms with Crippen LogP contribution < -0.4 is 5.32 Å². The van der Waals surface area contributed by atoms with E-state index in [-0.39, 0.29) is 6.03 Å². The lowest BCUT2D eigenvalue weighted by Gasteiger charge is -2.42. The minimum absolute atomic E-state index is 0.185. The summed E-state index contributed by atoms with van der Waals surface area (Å²) in [7, 11) is 0. The first-order chi connectivity index (χ1) is 13.7. The number of carbonyl (C=O) groups is 2. The van der Waals surface area contributed by atoms with Crippen molar-refractivity contribution < 1.29 is 9.59 Å². The molecule has 3 heterocycles. The molecular formula is C22H36N4O2. The van der Waals surface area contributed by atoms with Gasteiger partial charge in [-0.15, -0.1) is 0 Å². The third kappa shape index (κ3) is 3.42. The molecule has 3 amide bonds. The van der Waals surface area contributed by atoms with E-state index in [1.54, 1.807) is 0 Å². The van der Waals surface area contributed by atoms with Gasteiger partial charge in [-0.05, 0) is 44.9 Å². The molecule has 5 aliphatic rings. The molecule has 0 aromatic carbocycles. The molecule has 2 aliphatic carbocycles. The number of fused-ring (bicyclic) bond motifs is 1. The Bertz CT molecular complexity index is 597. The van der Waals surface area contributed by atoms with E-state index in [0.29, 0.717) is 36.0 Å². The first-order valence-electron chi connectivity index (χ1n) is 11.8. The summed E-state index contributed by atoms with van der Waals surface area (Å²) in [5.74, 6) is 0.730. The monoisotopic (exact) mass is 388 g/mol. The minimum atomic E-state index is 0.185. The standard InChI is InChI=1S/C22H36N4O2/c27-21(16-5-1-2-6-16)25-14-11-18(15-25)24-12-9-17(10-13-24)26-20-8-4-3-7-19(20)23-22(26)28/h16-20H,1-15H2,(H,23,28). The van der Waals surface area contributed by atoms with E-state index in [1.165, 1.54) is 32.1 Å². The van der Waals surface area contributed by atoms with Crippen molar-refractivity contribution in [2.75, 3.05) is 26.2 Å². The molecule has 2 saturated carbocycles. The van der Waals surface area contributed by atoms with E-state index in [1.807, 2.05) is 0 Å². The molecule has 6 nitrogen and oxygen atoms in total. The number of carbonyl (C=O) groups excluding carboxylic acids is 2. The fourth-order valence-electron chi connectivity index (χ4n) is 6.63. The largest absolute Gasteiger partial charge is 0.341 e. The van der Waals surface area contributed by atoms with Gasteiger partial charge in [-0.2, -0.15) is 0 Å². The summed E-state index contributed by atoms with van der Waals surface area (Å²) in [6.07, 6.45) is 12.8. The van der Waals surface area contributed by atoms with Crippen molar-refractivity contribution in [3.8, 4) is 0 Å². The second-order valence-corrected chi connectivity index (χ2v) is 9.79. The SMILES string of the molecule is O=C(C1CCCC1)N1CCC(N2CCC(N3C(=O)NC4CCCCC43)CC2)C1. The van der Waals surface area contributed by atoms with Gasteiger partial charge in [-0.25, -0.2) is 4.79 Å². The Hall–Kier alpha value is -1.30. The molecule has 3 unspecified atom stereocenters. The topological polar surface area (TPSA) is 55.9 Å². The zero-order chi connectivity index (χ0) is 19.1. The van der Waals surface area contributed by atoms with Crippen LogP contribution in [-0.2, 0) is 4.79 Å². The Balaban J connectivity index is 1.13.